The van der Waals surface area contributed by atoms with Crippen LogP contribution in [0.3, 0.4) is 0 Å². The van der Waals surface area contributed by atoms with E-state index in [0.29, 0.717) is 22.4 Å². The third-order valence-electron chi connectivity index (χ3n) is 4.46. The van der Waals surface area contributed by atoms with Crippen molar-refractivity contribution in [3.05, 3.63) is 43.9 Å². The molecule has 8 heteroatoms. The second-order valence-electron chi connectivity index (χ2n) is 6.68. The molecule has 2 aromatic heterocycles. The number of hydrogen-bond acceptors (Lipinski definition) is 7. The Bertz CT molecular complexity index is 953. The number of aryl methyl sites for hydroxylation is 3. The van der Waals surface area contributed by atoms with E-state index in [-0.39, 0.29) is 30.9 Å². The summed E-state index contributed by atoms with van der Waals surface area (Å²) in [5.41, 5.74) is 2.11. The van der Waals surface area contributed by atoms with Crippen LogP contribution in [0.5, 0.6) is 0 Å². The van der Waals surface area contributed by atoms with Crippen LogP contribution >= 0.6 is 11.3 Å². The second-order valence-corrected chi connectivity index (χ2v) is 8.14. The Hall–Kier alpha value is -2.74. The number of carbonyl (C=O) groups is 4. The van der Waals surface area contributed by atoms with E-state index >= 15 is 0 Å². The van der Waals surface area contributed by atoms with E-state index in [9.17, 15) is 19.2 Å². The predicted molar refractivity (Wildman–Crippen MR) is 109 cm³/mol. The summed E-state index contributed by atoms with van der Waals surface area (Å²) in [6, 6.07) is 1.82. The van der Waals surface area contributed by atoms with E-state index in [1.807, 2.05) is 19.9 Å². The molecule has 0 aliphatic carbocycles. The van der Waals surface area contributed by atoms with Gasteiger partial charge >= 0.3 is 11.9 Å². The second kappa shape index (κ2) is 9.65. The van der Waals surface area contributed by atoms with Crippen molar-refractivity contribution < 1.29 is 28.7 Å². The fourth-order valence-electron chi connectivity index (χ4n) is 3.12. The Morgan fingerprint density at radius 1 is 1.00 bits per heavy atom. The molecule has 0 bridgehead atoms. The third-order valence-corrected chi connectivity index (χ3v) is 5.42. The van der Waals surface area contributed by atoms with Crippen molar-refractivity contribution in [3.63, 3.8) is 0 Å². The van der Waals surface area contributed by atoms with Crippen LogP contribution in [0.1, 0.15) is 72.0 Å². The summed E-state index contributed by atoms with van der Waals surface area (Å²) >= 11 is 1.54. The van der Waals surface area contributed by atoms with Gasteiger partial charge in [-0.1, -0.05) is 0 Å². The molecular formula is C21H25NO6S. The van der Waals surface area contributed by atoms with Gasteiger partial charge in [0.05, 0.1) is 13.0 Å². The summed E-state index contributed by atoms with van der Waals surface area (Å²) in [5, 5.41) is 0. The van der Waals surface area contributed by atoms with Crippen LogP contribution in [0.15, 0.2) is 6.07 Å². The number of aromatic nitrogens is 1. The first kappa shape index (κ1) is 22.5. The molecule has 2 aromatic rings. The third kappa shape index (κ3) is 5.41. The summed E-state index contributed by atoms with van der Waals surface area (Å²) in [6.07, 6.45) is -0.0706. The van der Waals surface area contributed by atoms with E-state index in [0.717, 1.165) is 9.75 Å². The molecule has 2 rings (SSSR count). The number of esters is 2. The van der Waals surface area contributed by atoms with Gasteiger partial charge in [-0.25, -0.2) is 4.79 Å². The van der Waals surface area contributed by atoms with Gasteiger partial charge in [-0.05, 0) is 46.2 Å². The van der Waals surface area contributed by atoms with Gasteiger partial charge in [-0.3, -0.25) is 14.4 Å². The van der Waals surface area contributed by atoms with E-state index in [4.69, 9.17) is 9.47 Å². The number of aromatic amines is 1. The molecule has 0 saturated heterocycles. The van der Waals surface area contributed by atoms with Crippen molar-refractivity contribution in [1.82, 2.24) is 4.98 Å². The fraction of sp³-hybridized carbons (Fsp3) is 0.429. The lowest BCUT2D eigenvalue weighted by Gasteiger charge is -2.05. The zero-order chi connectivity index (χ0) is 21.7. The van der Waals surface area contributed by atoms with Gasteiger partial charge in [0, 0.05) is 33.0 Å². The summed E-state index contributed by atoms with van der Waals surface area (Å²) in [5.74, 6) is -1.70. The minimum atomic E-state index is -0.618. The highest BCUT2D eigenvalue weighted by Crippen LogP contribution is 2.22. The number of ketones is 2. The summed E-state index contributed by atoms with van der Waals surface area (Å²) in [6.45, 7) is 8.55. The molecule has 0 radical (unpaired) electrons. The van der Waals surface area contributed by atoms with Crippen molar-refractivity contribution in [1.29, 1.82) is 0 Å². The summed E-state index contributed by atoms with van der Waals surface area (Å²) in [7, 11) is 0. The van der Waals surface area contributed by atoms with E-state index < -0.39 is 24.3 Å². The smallest absolute Gasteiger partial charge is 0.355 e. The number of carbonyl (C=O) groups excluding carboxylic acids is 4. The lowest BCUT2D eigenvalue weighted by atomic mass is 10.1. The van der Waals surface area contributed by atoms with Crippen molar-refractivity contribution in [2.24, 2.45) is 0 Å². The first-order chi connectivity index (χ1) is 13.6. The maximum Gasteiger partial charge on any atom is 0.355 e. The lowest BCUT2D eigenvalue weighted by Crippen LogP contribution is -2.16. The van der Waals surface area contributed by atoms with Gasteiger partial charge in [-0.2, -0.15) is 0 Å². The zero-order valence-electron chi connectivity index (χ0n) is 17.3. The Labute approximate surface area is 173 Å². The van der Waals surface area contributed by atoms with Crippen molar-refractivity contribution in [3.8, 4) is 0 Å². The minimum Gasteiger partial charge on any atom is -0.461 e. The molecule has 29 heavy (non-hydrogen) atoms. The normalized spacial score (nSPS) is 10.7. The SMILES string of the molecule is CCOC(=O)c1[nH]c(C)c(C(=O)COC(=O)CCC(=O)c2cc(C)sc2C)c1C. The molecule has 156 valence electrons. The monoisotopic (exact) mass is 419 g/mol. The van der Waals surface area contributed by atoms with Crippen LogP contribution in [-0.4, -0.2) is 41.7 Å². The van der Waals surface area contributed by atoms with Crippen molar-refractivity contribution >= 4 is 34.8 Å². The summed E-state index contributed by atoms with van der Waals surface area (Å²) < 4.78 is 10.00. The standard InChI is InChI=1S/C21H25NO6S/c1-6-27-21(26)20-12(3)19(13(4)22-20)17(24)10-28-18(25)8-7-16(23)15-9-11(2)29-14(15)5/h9,22H,6-8,10H2,1-5H3. The maximum absolute atomic E-state index is 12.5. The lowest BCUT2D eigenvalue weighted by molar-refractivity contribution is -0.142. The number of ether oxygens (including phenoxy) is 2. The molecule has 2 heterocycles. The predicted octanol–water partition coefficient (Wildman–Crippen LogP) is 3.88. The summed E-state index contributed by atoms with van der Waals surface area (Å²) in [4.78, 5) is 53.4. The maximum atomic E-state index is 12.5. The molecule has 0 aromatic carbocycles. The van der Waals surface area contributed by atoms with Crippen molar-refractivity contribution in [2.45, 2.75) is 47.5 Å². The molecule has 7 nitrogen and oxygen atoms in total. The molecule has 0 saturated carbocycles. The highest BCUT2D eigenvalue weighted by molar-refractivity contribution is 7.12. The Morgan fingerprint density at radius 3 is 2.28 bits per heavy atom. The van der Waals surface area contributed by atoms with Gasteiger partial charge in [0.15, 0.2) is 12.4 Å². The van der Waals surface area contributed by atoms with Gasteiger partial charge in [-0.15, -0.1) is 11.3 Å². The van der Waals surface area contributed by atoms with Crippen LogP contribution < -0.4 is 0 Å². The fourth-order valence-corrected chi connectivity index (χ4v) is 4.07. The molecule has 0 amide bonds. The van der Waals surface area contributed by atoms with Crippen LogP contribution in [0.25, 0.3) is 0 Å². The molecular weight excluding hydrogens is 394 g/mol. The van der Waals surface area contributed by atoms with Crippen LogP contribution in [0.4, 0.5) is 0 Å². The van der Waals surface area contributed by atoms with Gasteiger partial charge in [0.25, 0.3) is 0 Å². The molecule has 0 spiro atoms. The number of H-pyrrole nitrogens is 1. The van der Waals surface area contributed by atoms with E-state index in [1.54, 1.807) is 20.8 Å². The Kier molecular flexibility index (Phi) is 7.50. The number of rotatable bonds is 9. The van der Waals surface area contributed by atoms with Gasteiger partial charge < -0.3 is 14.5 Å². The number of nitrogens with one attached hydrogen (secondary N) is 1. The van der Waals surface area contributed by atoms with Gasteiger partial charge in [0.1, 0.15) is 5.69 Å². The molecule has 0 aliphatic heterocycles. The van der Waals surface area contributed by atoms with Crippen LogP contribution in [0, 0.1) is 27.7 Å². The molecule has 0 fully saturated rings. The molecule has 0 unspecified atom stereocenters. The average Bonchev–Trinajstić information content (AvgIpc) is 3.15. The molecule has 0 aliphatic rings. The Balaban J connectivity index is 1.92. The van der Waals surface area contributed by atoms with Crippen LogP contribution in [-0.2, 0) is 14.3 Å². The average molecular weight is 419 g/mol. The topological polar surface area (TPSA) is 103 Å². The zero-order valence-corrected chi connectivity index (χ0v) is 18.1. The van der Waals surface area contributed by atoms with Gasteiger partial charge in [0.2, 0.25) is 5.78 Å². The number of thiophene rings is 1. The highest BCUT2D eigenvalue weighted by Gasteiger charge is 2.23. The quantitative estimate of drug-likeness (QED) is 0.489. The first-order valence-electron chi connectivity index (χ1n) is 9.31. The molecule has 1 N–H and O–H groups in total. The largest absolute Gasteiger partial charge is 0.461 e. The number of Topliss-reactive ketones (excluding diaryl/α,β-unsaturated/α-hetero) is 2. The Morgan fingerprint density at radius 2 is 1.69 bits per heavy atom. The highest BCUT2D eigenvalue weighted by atomic mass is 32.1. The van der Waals surface area contributed by atoms with E-state index in [2.05, 4.69) is 4.98 Å². The number of hydrogen-bond donors (Lipinski definition) is 1. The molecule has 0 atom stereocenters. The minimum absolute atomic E-state index is 0.0270. The first-order valence-corrected chi connectivity index (χ1v) is 10.1. The van der Waals surface area contributed by atoms with Crippen LogP contribution in [0.2, 0.25) is 0 Å². The van der Waals surface area contributed by atoms with Crippen molar-refractivity contribution in [2.75, 3.05) is 13.2 Å². The van der Waals surface area contributed by atoms with E-state index in [1.165, 1.54) is 11.3 Å².